The highest BCUT2D eigenvalue weighted by molar-refractivity contribution is 7.17. The Morgan fingerprint density at radius 3 is 2.69 bits per heavy atom. The minimum atomic E-state index is -1.03. The van der Waals surface area contributed by atoms with Gasteiger partial charge in [0.15, 0.2) is 6.10 Å². The molecule has 32 heavy (non-hydrogen) atoms. The van der Waals surface area contributed by atoms with E-state index in [9.17, 15) is 14.4 Å². The van der Waals surface area contributed by atoms with Gasteiger partial charge in [-0.15, -0.1) is 11.3 Å². The average Bonchev–Trinajstić information content (AvgIpc) is 3.10. The number of nitrogens with zero attached hydrogens (tertiary/aromatic N) is 1. The number of anilines is 2. The Morgan fingerprint density at radius 2 is 2.00 bits per heavy atom. The maximum absolute atomic E-state index is 12.8. The minimum Gasteiger partial charge on any atom is -0.462 e. The van der Waals surface area contributed by atoms with Crippen molar-refractivity contribution in [2.75, 3.05) is 30.9 Å². The van der Waals surface area contributed by atoms with E-state index in [2.05, 4.69) is 12.2 Å². The number of nitrogens with one attached hydrogen (secondary N) is 1. The van der Waals surface area contributed by atoms with Crippen molar-refractivity contribution in [3.63, 3.8) is 0 Å². The molecule has 172 valence electrons. The number of carbonyl (C=O) groups excluding carboxylic acids is 3. The van der Waals surface area contributed by atoms with Crippen molar-refractivity contribution in [2.45, 2.75) is 46.1 Å². The van der Waals surface area contributed by atoms with E-state index in [1.165, 1.54) is 18.3 Å². The van der Waals surface area contributed by atoms with Crippen LogP contribution in [0.25, 0.3) is 0 Å². The highest BCUT2D eigenvalue weighted by Gasteiger charge is 2.30. The summed E-state index contributed by atoms with van der Waals surface area (Å²) in [6.07, 6.45) is 1.61. The fourth-order valence-electron chi connectivity index (χ4n) is 3.66. The molecule has 0 fully saturated rings. The Bertz CT molecular complexity index is 1010. The summed E-state index contributed by atoms with van der Waals surface area (Å²) in [5.41, 5.74) is 2.62. The van der Waals surface area contributed by atoms with Gasteiger partial charge in [-0.05, 0) is 62.8 Å². The number of amides is 1. The molecular weight excluding hydrogens is 428 g/mol. The molecule has 7 nitrogen and oxygen atoms in total. The van der Waals surface area contributed by atoms with Crippen molar-refractivity contribution in [3.05, 3.63) is 45.8 Å². The van der Waals surface area contributed by atoms with Crippen molar-refractivity contribution in [1.82, 2.24) is 0 Å². The van der Waals surface area contributed by atoms with Crippen LogP contribution in [-0.2, 0) is 27.1 Å². The molecule has 0 saturated carbocycles. The average molecular weight is 459 g/mol. The van der Waals surface area contributed by atoms with E-state index in [4.69, 9.17) is 9.47 Å². The van der Waals surface area contributed by atoms with E-state index in [0.29, 0.717) is 22.0 Å². The number of ether oxygens (including phenoxy) is 2. The van der Waals surface area contributed by atoms with E-state index in [1.54, 1.807) is 25.1 Å². The third-order valence-corrected chi connectivity index (χ3v) is 6.65. The molecule has 2 atom stereocenters. The molecule has 0 radical (unpaired) electrons. The van der Waals surface area contributed by atoms with Crippen LogP contribution in [0.4, 0.5) is 10.7 Å². The van der Waals surface area contributed by atoms with Gasteiger partial charge in [0, 0.05) is 24.7 Å². The summed E-state index contributed by atoms with van der Waals surface area (Å²) in [5, 5.41) is 3.26. The number of carbonyl (C=O) groups is 3. The summed E-state index contributed by atoms with van der Waals surface area (Å²) in [7, 11) is 3.76. The Morgan fingerprint density at radius 1 is 1.25 bits per heavy atom. The monoisotopic (exact) mass is 458 g/mol. The van der Waals surface area contributed by atoms with Crippen molar-refractivity contribution in [2.24, 2.45) is 5.92 Å². The second-order valence-corrected chi connectivity index (χ2v) is 9.36. The van der Waals surface area contributed by atoms with Gasteiger partial charge in [-0.2, -0.15) is 0 Å². The van der Waals surface area contributed by atoms with Crippen LogP contribution in [0.15, 0.2) is 24.3 Å². The third-order valence-electron chi connectivity index (χ3n) is 5.48. The number of hydrogen-bond donors (Lipinski definition) is 1. The number of hydrogen-bond acceptors (Lipinski definition) is 7. The first kappa shape index (κ1) is 23.8. The summed E-state index contributed by atoms with van der Waals surface area (Å²) < 4.78 is 10.6. The minimum absolute atomic E-state index is 0.257. The molecule has 2 aromatic rings. The van der Waals surface area contributed by atoms with Crippen LogP contribution in [0.2, 0.25) is 0 Å². The maximum atomic E-state index is 12.8. The topological polar surface area (TPSA) is 84.9 Å². The fraction of sp³-hybridized carbons (Fsp3) is 0.458. The second-order valence-electron chi connectivity index (χ2n) is 8.26. The second kappa shape index (κ2) is 10.2. The Labute approximate surface area is 192 Å². The van der Waals surface area contributed by atoms with Gasteiger partial charge in [0.2, 0.25) is 0 Å². The number of esters is 2. The molecule has 0 saturated heterocycles. The SMILES string of the molecule is CCOC(=O)c1c(NC(=O)[C@@H](C)OC(=O)c2cccc(N(C)C)c2)sc2c1CC[C@H](C)C2. The summed E-state index contributed by atoms with van der Waals surface area (Å²) in [5.74, 6) is -0.974. The lowest BCUT2D eigenvalue weighted by atomic mass is 9.88. The molecule has 8 heteroatoms. The number of rotatable bonds is 7. The highest BCUT2D eigenvalue weighted by Crippen LogP contribution is 2.40. The molecule has 1 amide bonds. The molecule has 0 spiro atoms. The van der Waals surface area contributed by atoms with Gasteiger partial charge in [0.05, 0.1) is 17.7 Å². The quantitative estimate of drug-likeness (QED) is 0.623. The van der Waals surface area contributed by atoms with Crippen LogP contribution in [0, 0.1) is 5.92 Å². The number of benzene rings is 1. The fourth-order valence-corrected chi connectivity index (χ4v) is 5.07. The van der Waals surface area contributed by atoms with Crippen molar-refractivity contribution >= 4 is 39.9 Å². The van der Waals surface area contributed by atoms with Gasteiger partial charge in [0.25, 0.3) is 5.91 Å². The Balaban J connectivity index is 1.75. The number of fused-ring (bicyclic) bond motifs is 1. The molecule has 0 bridgehead atoms. The molecular formula is C24H30N2O5S. The maximum Gasteiger partial charge on any atom is 0.341 e. The summed E-state index contributed by atoms with van der Waals surface area (Å²) in [6, 6.07) is 7.00. The zero-order valence-corrected chi connectivity index (χ0v) is 20.0. The Kier molecular flexibility index (Phi) is 7.56. The van der Waals surface area contributed by atoms with Gasteiger partial charge in [0.1, 0.15) is 5.00 Å². The van der Waals surface area contributed by atoms with Crippen LogP contribution in [0.3, 0.4) is 0 Å². The van der Waals surface area contributed by atoms with E-state index in [-0.39, 0.29) is 6.61 Å². The van der Waals surface area contributed by atoms with Gasteiger partial charge in [-0.25, -0.2) is 9.59 Å². The first-order valence-electron chi connectivity index (χ1n) is 10.8. The molecule has 0 aliphatic heterocycles. The standard InChI is InChI=1S/C24H30N2O5S/c1-6-30-24(29)20-18-11-10-14(2)12-19(18)32-22(20)25-21(27)15(3)31-23(28)16-8-7-9-17(13-16)26(4)5/h7-9,13-15H,6,10-12H2,1-5H3,(H,25,27)/t14-,15+/m0/s1. The van der Waals surface area contributed by atoms with E-state index >= 15 is 0 Å². The van der Waals surface area contributed by atoms with Gasteiger partial charge in [-0.3, -0.25) is 4.79 Å². The lowest BCUT2D eigenvalue weighted by molar-refractivity contribution is -0.123. The van der Waals surface area contributed by atoms with Crippen molar-refractivity contribution in [3.8, 4) is 0 Å². The van der Waals surface area contributed by atoms with E-state index in [1.807, 2.05) is 25.1 Å². The van der Waals surface area contributed by atoms with E-state index in [0.717, 1.165) is 35.4 Å². The zero-order chi connectivity index (χ0) is 23.4. The lowest BCUT2D eigenvalue weighted by Crippen LogP contribution is -2.30. The van der Waals surface area contributed by atoms with Gasteiger partial charge in [-0.1, -0.05) is 13.0 Å². The molecule has 1 aliphatic carbocycles. The first-order chi connectivity index (χ1) is 15.2. The summed E-state index contributed by atoms with van der Waals surface area (Å²) >= 11 is 1.41. The normalized spacial score (nSPS) is 16.0. The highest BCUT2D eigenvalue weighted by atomic mass is 32.1. The molecule has 1 N–H and O–H groups in total. The van der Waals surface area contributed by atoms with Crippen LogP contribution in [0.5, 0.6) is 0 Å². The van der Waals surface area contributed by atoms with Gasteiger partial charge >= 0.3 is 11.9 Å². The van der Waals surface area contributed by atoms with E-state index < -0.39 is 23.9 Å². The molecule has 1 aliphatic rings. The summed E-state index contributed by atoms with van der Waals surface area (Å²) in [4.78, 5) is 41.0. The molecule has 3 rings (SSSR count). The first-order valence-corrected chi connectivity index (χ1v) is 11.6. The van der Waals surface area contributed by atoms with Crippen molar-refractivity contribution < 1.29 is 23.9 Å². The molecule has 1 aromatic carbocycles. The van der Waals surface area contributed by atoms with Gasteiger partial charge < -0.3 is 19.7 Å². The van der Waals surface area contributed by atoms with Crippen molar-refractivity contribution in [1.29, 1.82) is 0 Å². The largest absolute Gasteiger partial charge is 0.462 e. The molecule has 0 unspecified atom stereocenters. The summed E-state index contributed by atoms with van der Waals surface area (Å²) in [6.45, 7) is 5.71. The Hall–Kier alpha value is -2.87. The van der Waals surface area contributed by atoms with Crippen LogP contribution in [0.1, 0.15) is 58.3 Å². The molecule has 1 aromatic heterocycles. The molecule has 1 heterocycles. The predicted octanol–water partition coefficient (Wildman–Crippen LogP) is 4.30. The zero-order valence-electron chi connectivity index (χ0n) is 19.2. The van der Waals surface area contributed by atoms with Crippen LogP contribution in [-0.4, -0.2) is 44.7 Å². The number of thiophene rings is 1. The predicted molar refractivity (Wildman–Crippen MR) is 126 cm³/mol. The van der Waals surface area contributed by atoms with Crippen LogP contribution >= 0.6 is 11.3 Å². The lowest BCUT2D eigenvalue weighted by Gasteiger charge is -2.18. The third kappa shape index (κ3) is 5.30. The van der Waals surface area contributed by atoms with Crippen LogP contribution < -0.4 is 10.2 Å². The smallest absolute Gasteiger partial charge is 0.341 e.